The molecule has 0 aromatic heterocycles. The van der Waals surface area contributed by atoms with Crippen molar-refractivity contribution in [3.8, 4) is 0 Å². The maximum Gasteiger partial charge on any atom is 0.236 e. The molecule has 0 N–H and O–H groups in total. The molecule has 2 rings (SSSR count). The standard InChI is InChI=1S/C28H40O2Si2/c1-20(21-14-12-16-23(18-21)27(8,9)29-31-25(2,3)4)22-15-13-17-24(19-22)28(10,11)30-32-26(5,6)7/h12-19H,1H2,2-11H3. The molecule has 0 amide bonds. The largest absolute Gasteiger partial charge is 0.408 e. The van der Waals surface area contributed by atoms with Crippen molar-refractivity contribution in [2.45, 2.75) is 90.5 Å². The van der Waals surface area contributed by atoms with Gasteiger partial charge in [0.1, 0.15) is 0 Å². The van der Waals surface area contributed by atoms with E-state index in [1.807, 2.05) is 0 Å². The van der Waals surface area contributed by atoms with Crippen molar-refractivity contribution in [1.29, 1.82) is 0 Å². The highest BCUT2D eigenvalue weighted by Gasteiger charge is 2.27. The minimum Gasteiger partial charge on any atom is -0.408 e. The Morgan fingerprint density at radius 2 is 0.969 bits per heavy atom. The van der Waals surface area contributed by atoms with Gasteiger partial charge in [-0.1, -0.05) is 84.5 Å². The van der Waals surface area contributed by atoms with Gasteiger partial charge in [-0.25, -0.2) is 0 Å². The molecule has 4 heteroatoms. The monoisotopic (exact) mass is 464 g/mol. The van der Waals surface area contributed by atoms with E-state index in [0.717, 1.165) is 16.7 Å². The van der Waals surface area contributed by atoms with Crippen molar-refractivity contribution < 1.29 is 8.85 Å². The first-order valence-electron chi connectivity index (χ1n) is 11.3. The van der Waals surface area contributed by atoms with Gasteiger partial charge >= 0.3 is 0 Å². The number of hydrogen-bond donors (Lipinski definition) is 0. The molecule has 0 saturated carbocycles. The lowest BCUT2D eigenvalue weighted by atomic mass is 9.90. The van der Waals surface area contributed by atoms with Crippen LogP contribution in [0.3, 0.4) is 0 Å². The predicted molar refractivity (Wildman–Crippen MR) is 140 cm³/mol. The quantitative estimate of drug-likeness (QED) is 0.369. The molecule has 0 bridgehead atoms. The zero-order valence-corrected chi connectivity index (χ0v) is 23.6. The van der Waals surface area contributed by atoms with Crippen LogP contribution in [0.2, 0.25) is 10.1 Å². The van der Waals surface area contributed by atoms with E-state index in [4.69, 9.17) is 8.85 Å². The van der Waals surface area contributed by atoms with Crippen LogP contribution in [-0.4, -0.2) is 19.5 Å². The van der Waals surface area contributed by atoms with Crippen molar-refractivity contribution in [2.75, 3.05) is 0 Å². The van der Waals surface area contributed by atoms with Gasteiger partial charge in [0.05, 0.1) is 11.2 Å². The summed E-state index contributed by atoms with van der Waals surface area (Å²) in [5.41, 5.74) is 4.87. The lowest BCUT2D eigenvalue weighted by Gasteiger charge is -2.30. The van der Waals surface area contributed by atoms with E-state index in [0.29, 0.717) is 19.5 Å². The van der Waals surface area contributed by atoms with Gasteiger partial charge in [0.2, 0.25) is 19.5 Å². The summed E-state index contributed by atoms with van der Waals surface area (Å²) in [6, 6.07) is 17.2. The fourth-order valence-corrected chi connectivity index (χ4v) is 4.37. The molecule has 0 fully saturated rings. The Hall–Kier alpha value is -1.47. The van der Waals surface area contributed by atoms with Crippen molar-refractivity contribution >= 4 is 25.1 Å². The first kappa shape index (κ1) is 26.8. The second-order valence-electron chi connectivity index (χ2n) is 11.6. The van der Waals surface area contributed by atoms with E-state index in [1.54, 1.807) is 0 Å². The molecule has 0 unspecified atom stereocenters. The Labute approximate surface area is 201 Å². The maximum atomic E-state index is 6.32. The molecular formula is C28H40O2Si2. The third kappa shape index (κ3) is 7.84. The van der Waals surface area contributed by atoms with E-state index in [9.17, 15) is 0 Å². The van der Waals surface area contributed by atoms with Crippen molar-refractivity contribution in [3.05, 3.63) is 77.4 Å². The molecule has 0 saturated heterocycles. The first-order chi connectivity index (χ1) is 14.5. The average molecular weight is 465 g/mol. The maximum absolute atomic E-state index is 6.32. The van der Waals surface area contributed by atoms with Gasteiger partial charge in [-0.15, -0.1) is 0 Å². The molecule has 172 valence electrons. The van der Waals surface area contributed by atoms with Gasteiger partial charge < -0.3 is 8.85 Å². The molecule has 4 radical (unpaired) electrons. The van der Waals surface area contributed by atoms with Crippen molar-refractivity contribution in [1.82, 2.24) is 0 Å². The van der Waals surface area contributed by atoms with Gasteiger partial charge in [0.15, 0.2) is 0 Å². The first-order valence-corrected chi connectivity index (χ1v) is 13.1. The molecule has 2 aromatic rings. The summed E-state index contributed by atoms with van der Waals surface area (Å²) in [6.45, 7) is 26.3. The Bertz CT molecular complexity index is 855. The topological polar surface area (TPSA) is 18.5 Å². The minimum atomic E-state index is -0.354. The second kappa shape index (κ2) is 9.80. The predicted octanol–water partition coefficient (Wildman–Crippen LogP) is 7.93. The fraction of sp³-hybridized carbons (Fsp3) is 0.500. The van der Waals surface area contributed by atoms with Gasteiger partial charge in [0, 0.05) is 0 Å². The summed E-state index contributed by atoms with van der Waals surface area (Å²) in [4.78, 5) is 0. The van der Waals surface area contributed by atoms with Gasteiger partial charge in [0.25, 0.3) is 0 Å². The van der Waals surface area contributed by atoms with Gasteiger partial charge in [-0.05, 0) is 77.7 Å². The smallest absolute Gasteiger partial charge is 0.236 e. The van der Waals surface area contributed by atoms with Crippen LogP contribution in [0, 0.1) is 0 Å². The SMILES string of the molecule is C=C(c1cccc(C(C)(C)O[Si]C(C)(C)C)c1)c1cccc(C(C)(C)O[Si]C(C)(C)C)c1. The van der Waals surface area contributed by atoms with E-state index in [2.05, 4.69) is 124 Å². The van der Waals surface area contributed by atoms with E-state index >= 15 is 0 Å². The normalized spacial score (nSPS) is 13.3. The van der Waals surface area contributed by atoms with E-state index < -0.39 is 0 Å². The van der Waals surface area contributed by atoms with Crippen molar-refractivity contribution in [3.63, 3.8) is 0 Å². The average Bonchev–Trinajstić information content (AvgIpc) is 2.70. The lowest BCUT2D eigenvalue weighted by Crippen LogP contribution is -2.27. The molecule has 0 aliphatic heterocycles. The lowest BCUT2D eigenvalue weighted by molar-refractivity contribution is 0.109. The fourth-order valence-electron chi connectivity index (χ4n) is 3.01. The number of benzene rings is 2. The van der Waals surface area contributed by atoms with E-state index in [-0.39, 0.29) is 21.3 Å². The zero-order chi connectivity index (χ0) is 24.4. The summed E-state index contributed by atoms with van der Waals surface area (Å²) in [5, 5.41) is 0.308. The third-order valence-corrected chi connectivity index (χ3v) is 7.49. The Balaban J connectivity index is 2.27. The van der Waals surface area contributed by atoms with Crippen LogP contribution < -0.4 is 0 Å². The zero-order valence-electron chi connectivity index (χ0n) is 21.6. The van der Waals surface area contributed by atoms with Crippen LogP contribution in [-0.2, 0) is 20.1 Å². The second-order valence-corrected chi connectivity index (χ2v) is 15.4. The van der Waals surface area contributed by atoms with E-state index in [1.165, 1.54) is 11.1 Å². The molecule has 0 aliphatic rings. The molecule has 32 heavy (non-hydrogen) atoms. The number of hydrogen-bond acceptors (Lipinski definition) is 2. The highest BCUT2D eigenvalue weighted by Crippen LogP contribution is 2.34. The van der Waals surface area contributed by atoms with Crippen LogP contribution in [0.4, 0.5) is 0 Å². The van der Waals surface area contributed by atoms with Crippen LogP contribution in [0.25, 0.3) is 5.57 Å². The van der Waals surface area contributed by atoms with Crippen LogP contribution >= 0.6 is 0 Å². The van der Waals surface area contributed by atoms with Gasteiger partial charge in [-0.2, -0.15) is 0 Å². The van der Waals surface area contributed by atoms with Crippen LogP contribution in [0.15, 0.2) is 55.1 Å². The van der Waals surface area contributed by atoms with Crippen LogP contribution in [0.5, 0.6) is 0 Å². The third-order valence-electron chi connectivity index (χ3n) is 5.04. The summed E-state index contributed by atoms with van der Waals surface area (Å²) < 4.78 is 12.6. The molecule has 0 aliphatic carbocycles. The Morgan fingerprint density at radius 3 is 1.28 bits per heavy atom. The van der Waals surface area contributed by atoms with Crippen LogP contribution in [0.1, 0.15) is 91.5 Å². The Kier molecular flexibility index (Phi) is 8.20. The highest BCUT2D eigenvalue weighted by molar-refractivity contribution is 6.32. The summed E-state index contributed by atoms with van der Waals surface area (Å²) in [6.07, 6.45) is 0. The number of rotatable bonds is 8. The Morgan fingerprint density at radius 1 is 0.625 bits per heavy atom. The molecular weight excluding hydrogens is 424 g/mol. The summed E-state index contributed by atoms with van der Waals surface area (Å²) in [5.74, 6) is 0. The summed E-state index contributed by atoms with van der Waals surface area (Å²) in [7, 11) is 0.868. The molecule has 2 aromatic carbocycles. The summed E-state index contributed by atoms with van der Waals surface area (Å²) >= 11 is 0. The molecule has 0 heterocycles. The van der Waals surface area contributed by atoms with Crippen molar-refractivity contribution in [2.24, 2.45) is 0 Å². The molecule has 0 spiro atoms. The highest BCUT2D eigenvalue weighted by atomic mass is 28.2. The minimum absolute atomic E-state index is 0.154. The molecule has 2 nitrogen and oxygen atoms in total. The van der Waals surface area contributed by atoms with Gasteiger partial charge in [-0.3, -0.25) is 0 Å². The molecule has 0 atom stereocenters.